The SMILES string of the molecule is CC(C)n1nccc1C(=O)Nc1nnc(-c2cccs2)o1. The van der Waals surface area contributed by atoms with Crippen LogP contribution in [0.25, 0.3) is 10.8 Å². The van der Waals surface area contributed by atoms with E-state index in [0.29, 0.717) is 11.6 Å². The fourth-order valence-corrected chi connectivity index (χ4v) is 2.48. The van der Waals surface area contributed by atoms with Crippen LogP contribution < -0.4 is 5.32 Å². The summed E-state index contributed by atoms with van der Waals surface area (Å²) in [5.41, 5.74) is 0.445. The van der Waals surface area contributed by atoms with Crippen molar-refractivity contribution in [3.05, 3.63) is 35.5 Å². The summed E-state index contributed by atoms with van der Waals surface area (Å²) in [5, 5.41) is 16.3. The third kappa shape index (κ3) is 2.70. The molecular formula is C13H13N5O2S. The minimum Gasteiger partial charge on any atom is -0.402 e. The second-order valence-corrected chi connectivity index (χ2v) is 5.55. The van der Waals surface area contributed by atoms with E-state index in [1.807, 2.05) is 31.4 Å². The molecule has 0 aliphatic rings. The normalized spacial score (nSPS) is 11.0. The van der Waals surface area contributed by atoms with Crippen LogP contribution in [0.3, 0.4) is 0 Å². The summed E-state index contributed by atoms with van der Waals surface area (Å²) in [6.07, 6.45) is 1.58. The molecule has 3 rings (SSSR count). The van der Waals surface area contributed by atoms with Crippen LogP contribution in [-0.4, -0.2) is 25.9 Å². The third-order valence-electron chi connectivity index (χ3n) is 2.77. The first kappa shape index (κ1) is 13.5. The molecular weight excluding hydrogens is 290 g/mol. The quantitative estimate of drug-likeness (QED) is 0.801. The first-order valence-corrected chi connectivity index (χ1v) is 7.25. The van der Waals surface area contributed by atoms with Crippen molar-refractivity contribution in [2.45, 2.75) is 19.9 Å². The van der Waals surface area contributed by atoms with E-state index in [2.05, 4.69) is 20.6 Å². The molecule has 7 nitrogen and oxygen atoms in total. The first-order chi connectivity index (χ1) is 10.1. The zero-order chi connectivity index (χ0) is 14.8. The maximum atomic E-state index is 12.2. The lowest BCUT2D eigenvalue weighted by molar-refractivity contribution is 0.101. The van der Waals surface area contributed by atoms with Gasteiger partial charge in [-0.05, 0) is 31.4 Å². The monoisotopic (exact) mass is 303 g/mol. The molecule has 0 radical (unpaired) electrons. The lowest BCUT2D eigenvalue weighted by Gasteiger charge is -2.09. The molecule has 0 fully saturated rings. The van der Waals surface area contributed by atoms with Crippen LogP contribution in [0.2, 0.25) is 0 Å². The van der Waals surface area contributed by atoms with Gasteiger partial charge in [0.15, 0.2) is 0 Å². The maximum absolute atomic E-state index is 12.2. The van der Waals surface area contributed by atoms with Gasteiger partial charge in [-0.15, -0.1) is 16.4 Å². The second-order valence-electron chi connectivity index (χ2n) is 4.60. The molecule has 0 spiro atoms. The predicted octanol–water partition coefficient (Wildman–Crippen LogP) is 2.83. The van der Waals surface area contributed by atoms with E-state index in [-0.39, 0.29) is 18.0 Å². The van der Waals surface area contributed by atoms with Gasteiger partial charge >= 0.3 is 6.01 Å². The molecule has 0 saturated carbocycles. The van der Waals surface area contributed by atoms with Crippen molar-refractivity contribution in [3.63, 3.8) is 0 Å². The molecule has 3 heterocycles. The highest BCUT2D eigenvalue weighted by molar-refractivity contribution is 7.13. The maximum Gasteiger partial charge on any atom is 0.322 e. The number of aromatic nitrogens is 4. The van der Waals surface area contributed by atoms with Crippen LogP contribution in [0.5, 0.6) is 0 Å². The van der Waals surface area contributed by atoms with Crippen molar-refractivity contribution in [2.24, 2.45) is 0 Å². The van der Waals surface area contributed by atoms with Gasteiger partial charge in [0.25, 0.3) is 11.8 Å². The van der Waals surface area contributed by atoms with Gasteiger partial charge in [-0.25, -0.2) is 0 Å². The molecule has 0 aliphatic heterocycles. The lowest BCUT2D eigenvalue weighted by atomic mass is 10.3. The molecule has 0 bridgehead atoms. The van der Waals surface area contributed by atoms with Crippen molar-refractivity contribution in [1.82, 2.24) is 20.0 Å². The number of nitrogens with zero attached hydrogens (tertiary/aromatic N) is 4. The summed E-state index contributed by atoms with van der Waals surface area (Å²) in [6, 6.07) is 5.57. The standard InChI is InChI=1S/C13H13N5O2S/c1-8(2)18-9(5-6-14-18)11(19)15-13-17-16-12(20-13)10-4-3-7-21-10/h3-8H,1-2H3,(H,15,17,19). The van der Waals surface area contributed by atoms with E-state index in [9.17, 15) is 4.79 Å². The van der Waals surface area contributed by atoms with Crippen LogP contribution in [0.4, 0.5) is 6.01 Å². The zero-order valence-corrected chi connectivity index (χ0v) is 12.3. The molecule has 108 valence electrons. The van der Waals surface area contributed by atoms with E-state index >= 15 is 0 Å². The zero-order valence-electron chi connectivity index (χ0n) is 11.5. The Morgan fingerprint density at radius 2 is 2.24 bits per heavy atom. The summed E-state index contributed by atoms with van der Waals surface area (Å²) in [6.45, 7) is 3.90. The Hall–Kier alpha value is -2.48. The molecule has 0 aliphatic carbocycles. The van der Waals surface area contributed by atoms with Gasteiger partial charge in [0.2, 0.25) is 0 Å². The van der Waals surface area contributed by atoms with Crippen LogP contribution in [0.15, 0.2) is 34.2 Å². The van der Waals surface area contributed by atoms with Crippen LogP contribution >= 0.6 is 11.3 Å². The summed E-state index contributed by atoms with van der Waals surface area (Å²) >= 11 is 1.49. The topological polar surface area (TPSA) is 85.8 Å². The lowest BCUT2D eigenvalue weighted by Crippen LogP contribution is -2.19. The fourth-order valence-electron chi connectivity index (χ4n) is 1.84. The predicted molar refractivity (Wildman–Crippen MR) is 78.2 cm³/mol. The number of rotatable bonds is 4. The molecule has 0 aromatic carbocycles. The summed E-state index contributed by atoms with van der Waals surface area (Å²) in [7, 11) is 0. The van der Waals surface area contributed by atoms with Crippen LogP contribution in [0, 0.1) is 0 Å². The van der Waals surface area contributed by atoms with Crippen molar-refractivity contribution in [2.75, 3.05) is 5.32 Å². The largest absolute Gasteiger partial charge is 0.402 e. The van der Waals surface area contributed by atoms with E-state index in [1.165, 1.54) is 11.3 Å². The molecule has 0 saturated heterocycles. The smallest absolute Gasteiger partial charge is 0.322 e. The number of carbonyl (C=O) groups excluding carboxylic acids is 1. The highest BCUT2D eigenvalue weighted by Gasteiger charge is 2.17. The van der Waals surface area contributed by atoms with E-state index in [0.717, 1.165) is 4.88 Å². The molecule has 21 heavy (non-hydrogen) atoms. The highest BCUT2D eigenvalue weighted by atomic mass is 32.1. The Kier molecular flexibility index (Phi) is 3.53. The van der Waals surface area contributed by atoms with E-state index in [4.69, 9.17) is 4.42 Å². The van der Waals surface area contributed by atoms with Crippen molar-refractivity contribution < 1.29 is 9.21 Å². The summed E-state index contributed by atoms with van der Waals surface area (Å²) < 4.78 is 7.05. The molecule has 3 aromatic heterocycles. The second kappa shape index (κ2) is 5.49. The molecule has 8 heteroatoms. The Labute approximate surface area is 124 Å². The van der Waals surface area contributed by atoms with Gasteiger partial charge in [0.05, 0.1) is 4.88 Å². The van der Waals surface area contributed by atoms with Crippen LogP contribution in [0.1, 0.15) is 30.4 Å². The number of carbonyl (C=O) groups is 1. The average molecular weight is 303 g/mol. The summed E-state index contributed by atoms with van der Waals surface area (Å²) in [4.78, 5) is 13.1. The number of hydrogen-bond acceptors (Lipinski definition) is 6. The van der Waals surface area contributed by atoms with Gasteiger partial charge in [-0.3, -0.25) is 14.8 Å². The average Bonchev–Trinajstić information content (AvgIpc) is 3.19. The summed E-state index contributed by atoms with van der Waals surface area (Å²) in [5.74, 6) is 0.0558. The number of anilines is 1. The number of thiophene rings is 1. The third-order valence-corrected chi connectivity index (χ3v) is 3.63. The van der Waals surface area contributed by atoms with E-state index < -0.39 is 0 Å². The van der Waals surface area contributed by atoms with Gasteiger partial charge < -0.3 is 4.42 Å². The minimum absolute atomic E-state index is 0.0694. The molecule has 3 aromatic rings. The number of hydrogen-bond donors (Lipinski definition) is 1. The number of amides is 1. The number of nitrogens with one attached hydrogen (secondary N) is 1. The Morgan fingerprint density at radius 3 is 2.95 bits per heavy atom. The Bertz CT molecular complexity index is 744. The fraction of sp³-hybridized carbons (Fsp3) is 0.231. The molecule has 1 N–H and O–H groups in total. The molecule has 0 atom stereocenters. The Morgan fingerprint density at radius 1 is 1.38 bits per heavy atom. The van der Waals surface area contributed by atoms with Gasteiger partial charge in [0, 0.05) is 12.2 Å². The molecule has 0 unspecified atom stereocenters. The highest BCUT2D eigenvalue weighted by Crippen LogP contribution is 2.24. The van der Waals surface area contributed by atoms with Crippen LogP contribution in [-0.2, 0) is 0 Å². The minimum atomic E-state index is -0.331. The Balaban J connectivity index is 1.78. The van der Waals surface area contributed by atoms with Gasteiger partial charge in [-0.2, -0.15) is 5.10 Å². The van der Waals surface area contributed by atoms with E-state index in [1.54, 1.807) is 16.9 Å². The van der Waals surface area contributed by atoms with Crippen molar-refractivity contribution in [1.29, 1.82) is 0 Å². The van der Waals surface area contributed by atoms with Crippen molar-refractivity contribution in [3.8, 4) is 10.8 Å². The molecule has 1 amide bonds. The van der Waals surface area contributed by atoms with Gasteiger partial charge in [0.1, 0.15) is 5.69 Å². The van der Waals surface area contributed by atoms with Crippen molar-refractivity contribution >= 4 is 23.3 Å². The van der Waals surface area contributed by atoms with Gasteiger partial charge in [-0.1, -0.05) is 11.2 Å². The first-order valence-electron chi connectivity index (χ1n) is 6.37.